The molecule has 2 aromatic carbocycles. The Bertz CT molecular complexity index is 1440. The van der Waals surface area contributed by atoms with Gasteiger partial charge in [-0.1, -0.05) is 25.1 Å². The highest BCUT2D eigenvalue weighted by molar-refractivity contribution is 7.17. The second-order valence-electron chi connectivity index (χ2n) is 9.03. The summed E-state index contributed by atoms with van der Waals surface area (Å²) in [5, 5.41) is 4.37. The Morgan fingerprint density at radius 3 is 2.67 bits per heavy atom. The van der Waals surface area contributed by atoms with E-state index in [9.17, 15) is 9.59 Å². The molecule has 1 N–H and O–H groups in total. The smallest absolute Gasteiger partial charge is 0.341 e. The molecule has 5 rings (SSSR count). The van der Waals surface area contributed by atoms with Crippen molar-refractivity contribution in [2.24, 2.45) is 5.92 Å². The number of methoxy groups -OCH3 is 1. The van der Waals surface area contributed by atoms with E-state index in [-0.39, 0.29) is 18.5 Å². The normalized spacial score (nSPS) is 14.8. The summed E-state index contributed by atoms with van der Waals surface area (Å²) < 4.78 is 10.6. The molecule has 2 aromatic heterocycles. The van der Waals surface area contributed by atoms with Crippen molar-refractivity contribution in [1.29, 1.82) is 0 Å². The zero-order valence-electron chi connectivity index (χ0n) is 20.6. The van der Waals surface area contributed by atoms with E-state index in [1.807, 2.05) is 48.5 Å². The van der Waals surface area contributed by atoms with E-state index in [4.69, 9.17) is 14.5 Å². The molecular weight excluding hydrogens is 472 g/mol. The lowest BCUT2D eigenvalue weighted by Gasteiger charge is -2.18. The number of amides is 1. The number of benzene rings is 2. The molecule has 36 heavy (non-hydrogen) atoms. The van der Waals surface area contributed by atoms with Crippen LogP contribution in [0.3, 0.4) is 0 Å². The molecule has 1 unspecified atom stereocenters. The maximum atomic E-state index is 13.7. The minimum absolute atomic E-state index is 0.277. The molecule has 0 saturated carbocycles. The molecule has 0 spiro atoms. The number of ether oxygens (including phenoxy) is 2. The van der Waals surface area contributed by atoms with Gasteiger partial charge in [-0.3, -0.25) is 4.79 Å². The molecule has 0 fully saturated rings. The maximum Gasteiger partial charge on any atom is 0.341 e. The molecule has 1 atom stereocenters. The standard InChI is InChI=1S/C29H28N2O4S/c1-4-35-29(33)26-21-14-9-17(2)15-25(21)36-28(26)31-27(32)22-16-24(18-10-12-19(34-3)13-11-18)30-23-8-6-5-7-20(22)23/h5-8,10-13,16-17H,4,9,14-15H2,1-3H3,(H,31,32). The van der Waals surface area contributed by atoms with E-state index < -0.39 is 0 Å². The molecule has 7 heteroatoms. The largest absolute Gasteiger partial charge is 0.497 e. The number of anilines is 1. The first-order chi connectivity index (χ1) is 17.5. The van der Waals surface area contributed by atoms with Crippen LogP contribution >= 0.6 is 11.3 Å². The molecule has 6 nitrogen and oxygen atoms in total. The van der Waals surface area contributed by atoms with Gasteiger partial charge in [-0.05, 0) is 74.1 Å². The number of esters is 1. The molecule has 0 bridgehead atoms. The van der Waals surface area contributed by atoms with Gasteiger partial charge in [-0.2, -0.15) is 0 Å². The van der Waals surface area contributed by atoms with Crippen LogP contribution in [0.5, 0.6) is 5.75 Å². The van der Waals surface area contributed by atoms with Crippen molar-refractivity contribution >= 4 is 39.1 Å². The third-order valence-electron chi connectivity index (χ3n) is 6.56. The van der Waals surface area contributed by atoms with Gasteiger partial charge in [0.25, 0.3) is 5.91 Å². The van der Waals surface area contributed by atoms with Crippen LogP contribution in [0.4, 0.5) is 5.00 Å². The highest BCUT2D eigenvalue weighted by Crippen LogP contribution is 2.40. The predicted molar refractivity (Wildman–Crippen MR) is 143 cm³/mol. The van der Waals surface area contributed by atoms with Crippen LogP contribution in [0.2, 0.25) is 0 Å². The fourth-order valence-electron chi connectivity index (χ4n) is 4.70. The van der Waals surface area contributed by atoms with Gasteiger partial charge in [0.2, 0.25) is 0 Å². The third-order valence-corrected chi connectivity index (χ3v) is 7.73. The van der Waals surface area contributed by atoms with Crippen molar-refractivity contribution < 1.29 is 19.1 Å². The van der Waals surface area contributed by atoms with Crippen molar-refractivity contribution in [3.8, 4) is 17.0 Å². The van der Waals surface area contributed by atoms with Crippen molar-refractivity contribution in [3.63, 3.8) is 0 Å². The lowest BCUT2D eigenvalue weighted by atomic mass is 9.88. The molecule has 0 saturated heterocycles. The summed E-state index contributed by atoms with van der Waals surface area (Å²) in [5.74, 6) is 0.643. The lowest BCUT2D eigenvalue weighted by Crippen LogP contribution is -2.17. The zero-order valence-corrected chi connectivity index (χ0v) is 21.4. The molecular formula is C29H28N2O4S. The number of thiophene rings is 1. The summed E-state index contributed by atoms with van der Waals surface area (Å²) in [6.07, 6.45) is 2.74. The highest BCUT2D eigenvalue weighted by Gasteiger charge is 2.29. The van der Waals surface area contributed by atoms with Gasteiger partial charge in [0.15, 0.2) is 0 Å². The Labute approximate surface area is 214 Å². The van der Waals surface area contributed by atoms with Crippen molar-refractivity contribution in [2.45, 2.75) is 33.1 Å². The van der Waals surface area contributed by atoms with Crippen LogP contribution in [0.15, 0.2) is 54.6 Å². The first kappa shape index (κ1) is 24.0. The number of pyridine rings is 1. The molecule has 4 aromatic rings. The molecule has 0 aliphatic heterocycles. The summed E-state index contributed by atoms with van der Waals surface area (Å²) >= 11 is 1.49. The van der Waals surface area contributed by atoms with Gasteiger partial charge >= 0.3 is 5.97 Å². The predicted octanol–water partition coefficient (Wildman–Crippen LogP) is 6.53. The Balaban J connectivity index is 1.56. The third kappa shape index (κ3) is 4.58. The van der Waals surface area contributed by atoms with E-state index in [1.54, 1.807) is 20.1 Å². The van der Waals surface area contributed by atoms with Crippen molar-refractivity contribution in [3.05, 3.63) is 76.2 Å². The monoisotopic (exact) mass is 500 g/mol. The summed E-state index contributed by atoms with van der Waals surface area (Å²) in [6.45, 7) is 4.29. The number of nitrogens with zero attached hydrogens (tertiary/aromatic N) is 1. The van der Waals surface area contributed by atoms with E-state index in [0.29, 0.717) is 27.7 Å². The zero-order chi connectivity index (χ0) is 25.2. The minimum Gasteiger partial charge on any atom is -0.497 e. The Morgan fingerprint density at radius 2 is 1.92 bits per heavy atom. The maximum absolute atomic E-state index is 13.7. The van der Waals surface area contributed by atoms with Gasteiger partial charge in [0.1, 0.15) is 10.8 Å². The average Bonchev–Trinajstić information content (AvgIpc) is 3.24. The SMILES string of the molecule is CCOC(=O)c1c(NC(=O)c2cc(-c3ccc(OC)cc3)nc3ccccc23)sc2c1CCC(C)C2. The van der Waals surface area contributed by atoms with Gasteiger partial charge in [0.05, 0.1) is 36.1 Å². The number of carbonyl (C=O) groups is 2. The fourth-order valence-corrected chi connectivity index (χ4v) is 6.10. The summed E-state index contributed by atoms with van der Waals surface area (Å²) in [6, 6.07) is 17.0. The second-order valence-corrected chi connectivity index (χ2v) is 10.1. The molecule has 0 radical (unpaired) electrons. The first-order valence-electron chi connectivity index (χ1n) is 12.2. The lowest BCUT2D eigenvalue weighted by molar-refractivity contribution is 0.0526. The number of para-hydroxylation sites is 1. The van der Waals surface area contributed by atoms with Crippen molar-refractivity contribution in [2.75, 3.05) is 19.0 Å². The number of fused-ring (bicyclic) bond motifs is 2. The highest BCUT2D eigenvalue weighted by atomic mass is 32.1. The van der Waals surface area contributed by atoms with Crippen LogP contribution in [0, 0.1) is 5.92 Å². The van der Waals surface area contributed by atoms with E-state index in [2.05, 4.69) is 12.2 Å². The number of hydrogen-bond acceptors (Lipinski definition) is 6. The second kappa shape index (κ2) is 10.1. The Hall–Kier alpha value is -3.71. The summed E-state index contributed by atoms with van der Waals surface area (Å²) in [4.78, 5) is 32.6. The number of nitrogens with one attached hydrogen (secondary N) is 1. The summed E-state index contributed by atoms with van der Waals surface area (Å²) in [5.41, 5.74) is 4.31. The Morgan fingerprint density at radius 1 is 1.14 bits per heavy atom. The van der Waals surface area contributed by atoms with Gasteiger partial charge in [-0.25, -0.2) is 9.78 Å². The summed E-state index contributed by atoms with van der Waals surface area (Å²) in [7, 11) is 1.62. The van der Waals surface area contributed by atoms with Gasteiger partial charge < -0.3 is 14.8 Å². The van der Waals surface area contributed by atoms with E-state index in [1.165, 1.54) is 11.3 Å². The minimum atomic E-state index is -0.377. The quantitative estimate of drug-likeness (QED) is 0.305. The van der Waals surface area contributed by atoms with Crippen LogP contribution in [-0.2, 0) is 17.6 Å². The number of rotatable bonds is 6. The average molecular weight is 501 g/mol. The van der Waals surface area contributed by atoms with Gasteiger partial charge in [0, 0.05) is 15.8 Å². The van der Waals surface area contributed by atoms with Crippen LogP contribution in [0.1, 0.15) is 51.4 Å². The molecule has 1 aliphatic carbocycles. The number of aromatic nitrogens is 1. The fraction of sp³-hybridized carbons (Fsp3) is 0.276. The molecule has 1 amide bonds. The van der Waals surface area contributed by atoms with Crippen LogP contribution in [-0.4, -0.2) is 30.6 Å². The molecule has 2 heterocycles. The number of hydrogen-bond donors (Lipinski definition) is 1. The first-order valence-corrected chi connectivity index (χ1v) is 13.0. The van der Waals surface area contributed by atoms with Crippen LogP contribution < -0.4 is 10.1 Å². The Kier molecular flexibility index (Phi) is 6.74. The van der Waals surface area contributed by atoms with Gasteiger partial charge in [-0.15, -0.1) is 11.3 Å². The van der Waals surface area contributed by atoms with Crippen LogP contribution in [0.25, 0.3) is 22.2 Å². The molecule has 1 aliphatic rings. The van der Waals surface area contributed by atoms with E-state index in [0.717, 1.165) is 51.9 Å². The molecule has 184 valence electrons. The van der Waals surface area contributed by atoms with Crippen molar-refractivity contribution in [1.82, 2.24) is 4.98 Å². The topological polar surface area (TPSA) is 77.5 Å². The number of carbonyl (C=O) groups excluding carboxylic acids is 2. The van der Waals surface area contributed by atoms with E-state index >= 15 is 0 Å².